The minimum Gasteiger partial charge on any atom is -0.381 e. The predicted octanol–water partition coefficient (Wildman–Crippen LogP) is 2.50. The smallest absolute Gasteiger partial charge is 0.317 e. The van der Waals surface area contributed by atoms with Crippen molar-refractivity contribution in [1.29, 1.82) is 0 Å². The molecule has 0 saturated carbocycles. The summed E-state index contributed by atoms with van der Waals surface area (Å²) in [4.78, 5) is 14.4. The number of nitrogens with one attached hydrogen (secondary N) is 1. The summed E-state index contributed by atoms with van der Waals surface area (Å²) in [7, 11) is 0. The van der Waals surface area contributed by atoms with Crippen LogP contribution in [-0.4, -0.2) is 42.4 Å². The second kappa shape index (κ2) is 7.34. The minimum absolute atomic E-state index is 0.0298. The van der Waals surface area contributed by atoms with Crippen molar-refractivity contribution >= 4 is 6.03 Å². The van der Waals surface area contributed by atoms with Crippen LogP contribution in [0.4, 0.5) is 4.79 Å². The Balaban J connectivity index is 1.50. The van der Waals surface area contributed by atoms with Gasteiger partial charge in [0.25, 0.3) is 0 Å². The van der Waals surface area contributed by atoms with E-state index < -0.39 is 0 Å². The van der Waals surface area contributed by atoms with E-state index in [2.05, 4.69) is 10.5 Å². The number of ether oxygens (including phenoxy) is 1. The van der Waals surface area contributed by atoms with Crippen LogP contribution in [0.5, 0.6) is 0 Å². The van der Waals surface area contributed by atoms with Gasteiger partial charge in [-0.15, -0.1) is 0 Å². The van der Waals surface area contributed by atoms with Crippen molar-refractivity contribution in [1.82, 2.24) is 15.4 Å². The van der Waals surface area contributed by atoms with Gasteiger partial charge in [0.15, 0.2) is 0 Å². The summed E-state index contributed by atoms with van der Waals surface area (Å²) >= 11 is 0. The molecule has 2 saturated heterocycles. The van der Waals surface area contributed by atoms with Crippen molar-refractivity contribution in [2.24, 2.45) is 11.8 Å². The van der Waals surface area contributed by atoms with Gasteiger partial charge in [-0.2, -0.15) is 0 Å². The fourth-order valence-electron chi connectivity index (χ4n) is 3.76. The van der Waals surface area contributed by atoms with Crippen LogP contribution in [0.15, 0.2) is 4.52 Å². The standard InChI is InChI=1S/C17H27N3O3/c1-3-16-15(12(2)23-19-16)10-18-17(21)20-7-4-14(11-20)13-5-8-22-9-6-13/h13-14H,3-11H2,1-2H3,(H,18,21). The van der Waals surface area contributed by atoms with E-state index in [9.17, 15) is 4.79 Å². The van der Waals surface area contributed by atoms with Crippen LogP contribution in [0.2, 0.25) is 0 Å². The van der Waals surface area contributed by atoms with Crippen molar-refractivity contribution in [3.8, 4) is 0 Å². The first-order valence-corrected chi connectivity index (χ1v) is 8.73. The van der Waals surface area contributed by atoms with Gasteiger partial charge in [0, 0.05) is 38.4 Å². The molecule has 128 valence electrons. The topological polar surface area (TPSA) is 67.6 Å². The molecular weight excluding hydrogens is 294 g/mol. The van der Waals surface area contributed by atoms with Crippen molar-refractivity contribution < 1.29 is 14.1 Å². The van der Waals surface area contributed by atoms with E-state index in [1.165, 1.54) is 0 Å². The van der Waals surface area contributed by atoms with Crippen LogP contribution in [0.25, 0.3) is 0 Å². The largest absolute Gasteiger partial charge is 0.381 e. The van der Waals surface area contributed by atoms with Crippen LogP contribution in [0.1, 0.15) is 43.2 Å². The fraction of sp³-hybridized carbons (Fsp3) is 0.765. The zero-order valence-corrected chi connectivity index (χ0v) is 14.1. The number of hydrogen-bond acceptors (Lipinski definition) is 4. The van der Waals surface area contributed by atoms with Crippen LogP contribution >= 0.6 is 0 Å². The fourth-order valence-corrected chi connectivity index (χ4v) is 3.76. The maximum atomic E-state index is 12.4. The lowest BCUT2D eigenvalue weighted by atomic mass is 9.85. The molecule has 1 N–H and O–H groups in total. The molecule has 1 aromatic heterocycles. The molecule has 0 spiro atoms. The van der Waals surface area contributed by atoms with E-state index >= 15 is 0 Å². The van der Waals surface area contributed by atoms with Crippen LogP contribution in [-0.2, 0) is 17.7 Å². The van der Waals surface area contributed by atoms with E-state index in [-0.39, 0.29) is 6.03 Å². The number of amides is 2. The van der Waals surface area contributed by atoms with E-state index in [0.717, 1.165) is 69.0 Å². The molecule has 3 rings (SSSR count). The Hall–Kier alpha value is -1.56. The lowest BCUT2D eigenvalue weighted by Gasteiger charge is -2.27. The van der Waals surface area contributed by atoms with Gasteiger partial charge in [-0.3, -0.25) is 0 Å². The highest BCUT2D eigenvalue weighted by Crippen LogP contribution is 2.31. The highest BCUT2D eigenvalue weighted by Gasteiger charge is 2.32. The Kier molecular flexibility index (Phi) is 5.20. The number of nitrogens with zero attached hydrogens (tertiary/aromatic N) is 2. The summed E-state index contributed by atoms with van der Waals surface area (Å²) in [6.07, 6.45) is 4.21. The monoisotopic (exact) mass is 321 g/mol. The van der Waals surface area contributed by atoms with Crippen molar-refractivity contribution in [2.75, 3.05) is 26.3 Å². The second-order valence-electron chi connectivity index (χ2n) is 6.62. The first-order chi connectivity index (χ1) is 11.2. The number of aromatic nitrogens is 1. The average Bonchev–Trinajstić information content (AvgIpc) is 3.20. The molecule has 1 aromatic rings. The van der Waals surface area contributed by atoms with Gasteiger partial charge in [0.1, 0.15) is 5.76 Å². The van der Waals surface area contributed by atoms with E-state index in [4.69, 9.17) is 9.26 Å². The zero-order valence-electron chi connectivity index (χ0n) is 14.1. The van der Waals surface area contributed by atoms with Gasteiger partial charge >= 0.3 is 6.03 Å². The molecule has 2 aliphatic heterocycles. The Morgan fingerprint density at radius 1 is 1.30 bits per heavy atom. The van der Waals surface area contributed by atoms with Gasteiger partial charge in [0.2, 0.25) is 0 Å². The molecule has 2 amide bonds. The van der Waals surface area contributed by atoms with Gasteiger partial charge in [-0.1, -0.05) is 12.1 Å². The summed E-state index contributed by atoms with van der Waals surface area (Å²) in [5.41, 5.74) is 1.95. The Morgan fingerprint density at radius 3 is 2.83 bits per heavy atom. The number of rotatable bonds is 4. The Morgan fingerprint density at radius 2 is 2.09 bits per heavy atom. The number of hydrogen-bond donors (Lipinski definition) is 1. The molecule has 2 fully saturated rings. The van der Waals surface area contributed by atoms with Crippen LogP contribution in [0, 0.1) is 18.8 Å². The molecule has 2 aliphatic rings. The van der Waals surface area contributed by atoms with Gasteiger partial charge < -0.3 is 19.5 Å². The Bertz CT molecular complexity index is 537. The van der Waals surface area contributed by atoms with Crippen LogP contribution < -0.4 is 5.32 Å². The Labute approximate surface area is 137 Å². The second-order valence-corrected chi connectivity index (χ2v) is 6.62. The average molecular weight is 321 g/mol. The molecule has 1 unspecified atom stereocenters. The van der Waals surface area contributed by atoms with Gasteiger partial charge in [0.05, 0.1) is 5.69 Å². The quantitative estimate of drug-likeness (QED) is 0.925. The molecule has 0 aromatic carbocycles. The minimum atomic E-state index is 0.0298. The maximum Gasteiger partial charge on any atom is 0.317 e. The highest BCUT2D eigenvalue weighted by atomic mass is 16.5. The molecule has 6 heteroatoms. The predicted molar refractivity (Wildman–Crippen MR) is 86.1 cm³/mol. The number of urea groups is 1. The number of likely N-dealkylation sites (tertiary alicyclic amines) is 1. The number of aryl methyl sites for hydroxylation is 2. The van der Waals surface area contributed by atoms with E-state index in [0.29, 0.717) is 18.4 Å². The molecular formula is C17H27N3O3. The molecule has 1 atom stereocenters. The highest BCUT2D eigenvalue weighted by molar-refractivity contribution is 5.74. The SMILES string of the molecule is CCc1noc(C)c1CNC(=O)N1CCC(C2CCOCC2)C1. The summed E-state index contributed by atoms with van der Waals surface area (Å²) in [5.74, 6) is 2.14. The summed E-state index contributed by atoms with van der Waals surface area (Å²) in [6.45, 7) is 7.92. The van der Waals surface area contributed by atoms with E-state index in [1.807, 2.05) is 18.7 Å². The summed E-state index contributed by atoms with van der Waals surface area (Å²) in [6, 6.07) is 0.0298. The van der Waals surface area contributed by atoms with Crippen molar-refractivity contribution in [3.05, 3.63) is 17.0 Å². The lowest BCUT2D eigenvalue weighted by molar-refractivity contribution is 0.0484. The number of carbonyl (C=O) groups excluding carboxylic acids is 1. The number of carbonyl (C=O) groups is 1. The van der Waals surface area contributed by atoms with Crippen molar-refractivity contribution in [2.45, 2.75) is 46.1 Å². The van der Waals surface area contributed by atoms with Crippen LogP contribution in [0.3, 0.4) is 0 Å². The third kappa shape index (κ3) is 3.68. The molecule has 0 aliphatic carbocycles. The molecule has 6 nitrogen and oxygen atoms in total. The lowest BCUT2D eigenvalue weighted by Crippen LogP contribution is -2.39. The zero-order chi connectivity index (χ0) is 16.2. The molecule has 0 radical (unpaired) electrons. The third-order valence-corrected chi connectivity index (χ3v) is 5.26. The first kappa shape index (κ1) is 16.3. The molecule has 3 heterocycles. The van der Waals surface area contributed by atoms with Gasteiger partial charge in [-0.25, -0.2) is 4.79 Å². The maximum absolute atomic E-state index is 12.4. The third-order valence-electron chi connectivity index (χ3n) is 5.26. The van der Waals surface area contributed by atoms with Crippen molar-refractivity contribution in [3.63, 3.8) is 0 Å². The first-order valence-electron chi connectivity index (χ1n) is 8.73. The van der Waals surface area contributed by atoms with Gasteiger partial charge in [-0.05, 0) is 44.4 Å². The summed E-state index contributed by atoms with van der Waals surface area (Å²) in [5, 5.41) is 7.06. The summed E-state index contributed by atoms with van der Waals surface area (Å²) < 4.78 is 10.7. The molecule has 0 bridgehead atoms. The molecule has 23 heavy (non-hydrogen) atoms. The normalized spacial score (nSPS) is 22.5. The van der Waals surface area contributed by atoms with E-state index in [1.54, 1.807) is 0 Å².